The Morgan fingerprint density at radius 3 is 2.79 bits per heavy atom. The molecule has 0 bridgehead atoms. The Morgan fingerprint density at radius 1 is 1.47 bits per heavy atom. The van der Waals surface area contributed by atoms with Gasteiger partial charge in [0.05, 0.1) is 6.26 Å². The number of carbonyl (C=O) groups is 1. The van der Waals surface area contributed by atoms with Crippen LogP contribution in [-0.2, 0) is 11.2 Å². The third-order valence-electron chi connectivity index (χ3n) is 3.80. The van der Waals surface area contributed by atoms with E-state index in [4.69, 9.17) is 4.42 Å². The van der Waals surface area contributed by atoms with Gasteiger partial charge in [0, 0.05) is 38.0 Å². The third kappa shape index (κ3) is 4.39. The molecule has 0 unspecified atom stereocenters. The van der Waals surface area contributed by atoms with E-state index in [2.05, 4.69) is 24.1 Å². The van der Waals surface area contributed by atoms with Crippen LogP contribution in [0.1, 0.15) is 38.9 Å². The highest BCUT2D eigenvalue weighted by molar-refractivity contribution is 5.76. The Hall–Kier alpha value is -1.29. The van der Waals surface area contributed by atoms with E-state index in [-0.39, 0.29) is 5.91 Å². The fourth-order valence-electron chi connectivity index (χ4n) is 2.55. The number of nitrogens with one attached hydrogen (secondary N) is 1. The van der Waals surface area contributed by atoms with Gasteiger partial charge in [0.2, 0.25) is 5.91 Å². The number of hydrogen-bond donors (Lipinski definition) is 1. The molecular weight excluding hydrogens is 240 g/mol. The van der Waals surface area contributed by atoms with E-state index in [0.717, 1.165) is 31.7 Å². The molecule has 1 aliphatic heterocycles. The van der Waals surface area contributed by atoms with Crippen molar-refractivity contribution in [2.75, 3.05) is 13.1 Å². The summed E-state index contributed by atoms with van der Waals surface area (Å²) >= 11 is 0. The molecule has 4 heteroatoms. The highest BCUT2D eigenvalue weighted by atomic mass is 16.3. The van der Waals surface area contributed by atoms with Crippen molar-refractivity contribution in [3.63, 3.8) is 0 Å². The molecular formula is C15H24N2O2. The van der Waals surface area contributed by atoms with Crippen LogP contribution in [0.5, 0.6) is 0 Å². The average Bonchev–Trinajstić information content (AvgIpc) is 2.90. The van der Waals surface area contributed by atoms with Crippen molar-refractivity contribution in [1.82, 2.24) is 10.2 Å². The zero-order valence-electron chi connectivity index (χ0n) is 11.9. The van der Waals surface area contributed by atoms with Gasteiger partial charge in [0.15, 0.2) is 0 Å². The minimum absolute atomic E-state index is 0.138. The van der Waals surface area contributed by atoms with E-state index in [0.29, 0.717) is 24.9 Å². The van der Waals surface area contributed by atoms with Crippen molar-refractivity contribution >= 4 is 5.91 Å². The van der Waals surface area contributed by atoms with E-state index in [1.165, 1.54) is 0 Å². The average molecular weight is 264 g/mol. The summed E-state index contributed by atoms with van der Waals surface area (Å²) in [5.41, 5.74) is 0. The first kappa shape index (κ1) is 14.1. The Morgan fingerprint density at radius 2 is 2.21 bits per heavy atom. The van der Waals surface area contributed by atoms with Crippen LogP contribution < -0.4 is 5.32 Å². The van der Waals surface area contributed by atoms with Crippen molar-refractivity contribution in [3.8, 4) is 0 Å². The Bertz CT molecular complexity index is 379. The van der Waals surface area contributed by atoms with Gasteiger partial charge in [-0.2, -0.15) is 0 Å². The summed E-state index contributed by atoms with van der Waals surface area (Å²) in [4.78, 5) is 14.3. The van der Waals surface area contributed by atoms with Crippen molar-refractivity contribution in [3.05, 3.63) is 24.2 Å². The molecule has 1 aliphatic rings. The molecule has 106 valence electrons. The summed E-state index contributed by atoms with van der Waals surface area (Å²) in [5.74, 6) is 1.02. The second kappa shape index (κ2) is 6.75. The zero-order valence-corrected chi connectivity index (χ0v) is 11.9. The van der Waals surface area contributed by atoms with Crippen LogP contribution >= 0.6 is 0 Å². The van der Waals surface area contributed by atoms with E-state index >= 15 is 0 Å². The first-order valence-corrected chi connectivity index (χ1v) is 7.21. The summed E-state index contributed by atoms with van der Waals surface area (Å²) in [5, 5.41) is 3.13. The summed E-state index contributed by atoms with van der Waals surface area (Å²) in [6.07, 6.45) is 4.96. The maximum absolute atomic E-state index is 11.9. The Labute approximate surface area is 115 Å². The van der Waals surface area contributed by atoms with Gasteiger partial charge in [-0.15, -0.1) is 0 Å². The van der Waals surface area contributed by atoms with E-state index < -0.39 is 0 Å². The second-order valence-electron chi connectivity index (χ2n) is 5.55. The number of rotatable bonds is 5. The molecule has 0 aromatic carbocycles. The number of nitrogens with zero attached hydrogens (tertiary/aromatic N) is 1. The zero-order chi connectivity index (χ0) is 13.7. The molecule has 1 amide bonds. The van der Waals surface area contributed by atoms with Gasteiger partial charge in [0.25, 0.3) is 0 Å². The van der Waals surface area contributed by atoms with Crippen molar-refractivity contribution < 1.29 is 9.21 Å². The first-order valence-electron chi connectivity index (χ1n) is 7.21. The van der Waals surface area contributed by atoms with Gasteiger partial charge < -0.3 is 14.6 Å². The van der Waals surface area contributed by atoms with E-state index in [1.807, 2.05) is 12.1 Å². The number of furan rings is 1. The second-order valence-corrected chi connectivity index (χ2v) is 5.55. The lowest BCUT2D eigenvalue weighted by molar-refractivity contribution is -0.122. The number of piperidine rings is 1. The van der Waals surface area contributed by atoms with Gasteiger partial charge in [-0.25, -0.2) is 0 Å². The Kier molecular flexibility index (Phi) is 5.02. The molecule has 0 saturated carbocycles. The molecule has 1 saturated heterocycles. The quantitative estimate of drug-likeness (QED) is 0.887. The van der Waals surface area contributed by atoms with Crippen LogP contribution in [0.3, 0.4) is 0 Å². The standard InChI is InChI=1S/C15H24N2O2/c1-12(2)17-9-7-13(8-10-17)16-15(18)6-5-14-4-3-11-19-14/h3-4,11-13H,5-10H2,1-2H3,(H,16,18). The van der Waals surface area contributed by atoms with Crippen molar-refractivity contribution in [1.29, 1.82) is 0 Å². The predicted octanol–water partition coefficient (Wildman–Crippen LogP) is 2.20. The molecule has 2 rings (SSSR count). The van der Waals surface area contributed by atoms with Crippen molar-refractivity contribution in [2.45, 2.75) is 51.6 Å². The van der Waals surface area contributed by atoms with Crippen LogP contribution in [-0.4, -0.2) is 36.0 Å². The normalized spacial score (nSPS) is 17.8. The molecule has 1 aromatic rings. The fraction of sp³-hybridized carbons (Fsp3) is 0.667. The number of aryl methyl sites for hydroxylation is 1. The summed E-state index contributed by atoms with van der Waals surface area (Å²) < 4.78 is 5.23. The molecule has 1 N–H and O–H groups in total. The summed E-state index contributed by atoms with van der Waals surface area (Å²) in [7, 11) is 0. The molecule has 19 heavy (non-hydrogen) atoms. The predicted molar refractivity (Wildman–Crippen MR) is 74.9 cm³/mol. The van der Waals surface area contributed by atoms with Gasteiger partial charge >= 0.3 is 0 Å². The molecule has 4 nitrogen and oxygen atoms in total. The SMILES string of the molecule is CC(C)N1CCC(NC(=O)CCc2ccco2)CC1. The number of hydrogen-bond acceptors (Lipinski definition) is 3. The number of amides is 1. The minimum Gasteiger partial charge on any atom is -0.469 e. The third-order valence-corrected chi connectivity index (χ3v) is 3.80. The summed E-state index contributed by atoms with van der Waals surface area (Å²) in [6.45, 7) is 6.62. The van der Waals surface area contributed by atoms with Crippen LogP contribution in [0.2, 0.25) is 0 Å². The van der Waals surface area contributed by atoms with Crippen LogP contribution in [0, 0.1) is 0 Å². The highest BCUT2D eigenvalue weighted by Crippen LogP contribution is 2.13. The van der Waals surface area contributed by atoms with Gasteiger partial charge in [-0.3, -0.25) is 4.79 Å². The lowest BCUT2D eigenvalue weighted by Crippen LogP contribution is -2.46. The lowest BCUT2D eigenvalue weighted by atomic mass is 10.0. The highest BCUT2D eigenvalue weighted by Gasteiger charge is 2.21. The van der Waals surface area contributed by atoms with Gasteiger partial charge in [-0.1, -0.05) is 0 Å². The smallest absolute Gasteiger partial charge is 0.220 e. The van der Waals surface area contributed by atoms with Crippen LogP contribution in [0.25, 0.3) is 0 Å². The fourth-order valence-corrected chi connectivity index (χ4v) is 2.55. The Balaban J connectivity index is 1.66. The minimum atomic E-state index is 0.138. The molecule has 0 spiro atoms. The number of carbonyl (C=O) groups excluding carboxylic acids is 1. The van der Waals surface area contributed by atoms with Crippen molar-refractivity contribution in [2.24, 2.45) is 0 Å². The molecule has 0 radical (unpaired) electrons. The molecule has 1 fully saturated rings. The lowest BCUT2D eigenvalue weighted by Gasteiger charge is -2.34. The van der Waals surface area contributed by atoms with Crippen LogP contribution in [0.15, 0.2) is 22.8 Å². The molecule has 2 heterocycles. The monoisotopic (exact) mass is 264 g/mol. The van der Waals surface area contributed by atoms with E-state index in [1.54, 1.807) is 6.26 Å². The largest absolute Gasteiger partial charge is 0.469 e. The molecule has 1 aromatic heterocycles. The maximum atomic E-state index is 11.9. The maximum Gasteiger partial charge on any atom is 0.220 e. The topological polar surface area (TPSA) is 45.5 Å². The van der Waals surface area contributed by atoms with Crippen LogP contribution in [0.4, 0.5) is 0 Å². The van der Waals surface area contributed by atoms with E-state index in [9.17, 15) is 4.79 Å². The molecule has 0 aliphatic carbocycles. The molecule has 0 atom stereocenters. The van der Waals surface area contributed by atoms with Gasteiger partial charge in [-0.05, 0) is 38.8 Å². The summed E-state index contributed by atoms with van der Waals surface area (Å²) in [6, 6.07) is 4.72. The van der Waals surface area contributed by atoms with Gasteiger partial charge in [0.1, 0.15) is 5.76 Å². The number of likely N-dealkylation sites (tertiary alicyclic amines) is 1. The first-order chi connectivity index (χ1) is 9.15.